The predicted molar refractivity (Wildman–Crippen MR) is 69.1 cm³/mol. The monoisotopic (exact) mass is 247 g/mol. The van der Waals surface area contributed by atoms with Gasteiger partial charge in [0.15, 0.2) is 5.69 Å². The van der Waals surface area contributed by atoms with E-state index >= 15 is 0 Å². The summed E-state index contributed by atoms with van der Waals surface area (Å²) >= 11 is 1.62. The summed E-state index contributed by atoms with van der Waals surface area (Å²) in [6, 6.07) is 7.77. The highest BCUT2D eigenvalue weighted by molar-refractivity contribution is 7.09. The fourth-order valence-electron chi connectivity index (χ4n) is 1.61. The Labute approximate surface area is 105 Å². The summed E-state index contributed by atoms with van der Waals surface area (Å²) in [4.78, 5) is 15.0. The number of benzene rings is 1. The quantitative estimate of drug-likeness (QED) is 0.889. The molecule has 2 N–H and O–H groups in total. The van der Waals surface area contributed by atoms with Gasteiger partial charge in [0.1, 0.15) is 6.42 Å². The Hall–Kier alpha value is -1.68. The van der Waals surface area contributed by atoms with E-state index in [2.05, 4.69) is 10.3 Å². The predicted octanol–water partition coefficient (Wildman–Crippen LogP) is 2.36. The third-order valence-corrected chi connectivity index (χ3v) is 3.34. The molecular formula is C13H15N2OS+. The van der Waals surface area contributed by atoms with E-state index in [0.717, 1.165) is 22.0 Å². The summed E-state index contributed by atoms with van der Waals surface area (Å²) in [7, 11) is 0. The maximum absolute atomic E-state index is 11.8. The molecule has 0 aliphatic carbocycles. The highest BCUT2D eigenvalue weighted by atomic mass is 32.1. The van der Waals surface area contributed by atoms with Gasteiger partial charge in [-0.3, -0.25) is 4.79 Å². The van der Waals surface area contributed by atoms with E-state index in [1.807, 2.05) is 43.5 Å². The van der Waals surface area contributed by atoms with Crippen molar-refractivity contribution in [2.24, 2.45) is 0 Å². The van der Waals surface area contributed by atoms with Crippen LogP contribution in [0, 0.1) is 13.8 Å². The van der Waals surface area contributed by atoms with E-state index in [1.165, 1.54) is 0 Å². The summed E-state index contributed by atoms with van der Waals surface area (Å²) in [5.74, 6) is 0.00773. The van der Waals surface area contributed by atoms with Gasteiger partial charge in [-0.25, -0.2) is 4.98 Å². The first-order valence-corrected chi connectivity index (χ1v) is 6.35. The molecule has 3 nitrogen and oxygen atoms in total. The molecule has 17 heavy (non-hydrogen) atoms. The van der Waals surface area contributed by atoms with Crippen molar-refractivity contribution in [3.63, 3.8) is 0 Å². The van der Waals surface area contributed by atoms with Crippen LogP contribution >= 0.6 is 11.3 Å². The average Bonchev–Trinajstić information content (AvgIpc) is 2.67. The van der Waals surface area contributed by atoms with Crippen LogP contribution < -0.4 is 10.3 Å². The molecule has 0 unspecified atom stereocenters. The molecule has 0 bridgehead atoms. The zero-order valence-electron chi connectivity index (χ0n) is 9.91. The van der Waals surface area contributed by atoms with Crippen LogP contribution in [-0.2, 0) is 11.2 Å². The van der Waals surface area contributed by atoms with E-state index in [4.69, 9.17) is 0 Å². The molecular weight excluding hydrogens is 232 g/mol. The van der Waals surface area contributed by atoms with Gasteiger partial charge in [0.2, 0.25) is 10.9 Å². The Morgan fingerprint density at radius 2 is 2.12 bits per heavy atom. The number of H-pyrrole nitrogens is 1. The van der Waals surface area contributed by atoms with E-state index in [0.29, 0.717) is 6.42 Å². The number of nitrogens with one attached hydrogen (secondary N) is 2. The van der Waals surface area contributed by atoms with Crippen LogP contribution in [0.3, 0.4) is 0 Å². The van der Waals surface area contributed by atoms with Crippen molar-refractivity contribution in [3.8, 4) is 0 Å². The molecule has 1 aromatic carbocycles. The number of thiazole rings is 1. The van der Waals surface area contributed by atoms with Crippen molar-refractivity contribution >= 4 is 22.9 Å². The first kappa shape index (κ1) is 11.8. The number of carbonyl (C=O) groups is 1. The lowest BCUT2D eigenvalue weighted by Gasteiger charge is -2.05. The molecule has 88 valence electrons. The minimum Gasteiger partial charge on any atom is -0.325 e. The van der Waals surface area contributed by atoms with E-state index in [9.17, 15) is 4.79 Å². The lowest BCUT2D eigenvalue weighted by atomic mass is 10.2. The average molecular weight is 247 g/mol. The molecule has 0 radical (unpaired) electrons. The van der Waals surface area contributed by atoms with Crippen LogP contribution in [0.5, 0.6) is 0 Å². The zero-order valence-corrected chi connectivity index (χ0v) is 10.7. The first-order chi connectivity index (χ1) is 8.15. The van der Waals surface area contributed by atoms with Gasteiger partial charge in [-0.05, 0) is 18.6 Å². The van der Waals surface area contributed by atoms with Gasteiger partial charge in [0.25, 0.3) is 0 Å². The number of aromatic amines is 1. The summed E-state index contributed by atoms with van der Waals surface area (Å²) < 4.78 is 0. The molecule has 0 aliphatic heterocycles. The minimum atomic E-state index is 0.00773. The number of anilines is 1. The fourth-order valence-corrected chi connectivity index (χ4v) is 2.26. The topological polar surface area (TPSA) is 43.2 Å². The number of rotatable bonds is 3. The number of amides is 1. The second-order valence-electron chi connectivity index (χ2n) is 3.98. The Balaban J connectivity index is 2.01. The lowest BCUT2D eigenvalue weighted by molar-refractivity contribution is -0.390. The van der Waals surface area contributed by atoms with Gasteiger partial charge in [0.05, 0.1) is 5.38 Å². The molecule has 2 rings (SSSR count). The number of para-hydroxylation sites is 1. The Morgan fingerprint density at radius 1 is 1.35 bits per heavy atom. The first-order valence-electron chi connectivity index (χ1n) is 5.47. The second-order valence-corrected chi connectivity index (χ2v) is 5.07. The van der Waals surface area contributed by atoms with Gasteiger partial charge >= 0.3 is 0 Å². The Bertz CT molecular complexity index is 534. The third kappa shape index (κ3) is 3.14. The zero-order chi connectivity index (χ0) is 12.3. The molecule has 0 fully saturated rings. The van der Waals surface area contributed by atoms with Crippen molar-refractivity contribution in [1.29, 1.82) is 0 Å². The minimum absolute atomic E-state index is 0.00773. The SMILES string of the molecule is Cc1[nH+]c(CC(=O)Nc2ccccc2C)cs1. The van der Waals surface area contributed by atoms with Crippen molar-refractivity contribution in [1.82, 2.24) is 0 Å². The highest BCUT2D eigenvalue weighted by Gasteiger charge is 2.12. The van der Waals surface area contributed by atoms with Crippen molar-refractivity contribution < 1.29 is 9.78 Å². The number of aromatic nitrogens is 1. The van der Waals surface area contributed by atoms with Crippen molar-refractivity contribution in [2.75, 3.05) is 5.32 Å². The molecule has 2 aromatic rings. The molecule has 0 saturated carbocycles. The number of hydrogen-bond acceptors (Lipinski definition) is 2. The van der Waals surface area contributed by atoms with Gasteiger partial charge in [-0.15, -0.1) is 0 Å². The molecule has 1 heterocycles. The molecule has 0 saturated heterocycles. The number of aryl methyl sites for hydroxylation is 2. The van der Waals surface area contributed by atoms with E-state index in [1.54, 1.807) is 11.3 Å². The maximum Gasteiger partial charge on any atom is 0.235 e. The van der Waals surface area contributed by atoms with Gasteiger partial charge < -0.3 is 5.32 Å². The second kappa shape index (κ2) is 5.10. The molecule has 4 heteroatoms. The summed E-state index contributed by atoms with van der Waals surface area (Å²) in [6.07, 6.45) is 0.388. The number of hydrogen-bond donors (Lipinski definition) is 1. The van der Waals surface area contributed by atoms with E-state index in [-0.39, 0.29) is 5.91 Å². The Kier molecular flexibility index (Phi) is 3.54. The highest BCUT2D eigenvalue weighted by Crippen LogP contribution is 2.13. The molecule has 1 aromatic heterocycles. The van der Waals surface area contributed by atoms with Crippen LogP contribution in [0.4, 0.5) is 5.69 Å². The van der Waals surface area contributed by atoms with Gasteiger partial charge in [-0.2, -0.15) is 0 Å². The van der Waals surface area contributed by atoms with Crippen LogP contribution in [0.15, 0.2) is 29.6 Å². The molecule has 1 amide bonds. The normalized spacial score (nSPS) is 10.2. The summed E-state index contributed by atoms with van der Waals surface area (Å²) in [6.45, 7) is 3.98. The standard InChI is InChI=1S/C13H14N2OS/c1-9-5-3-4-6-12(9)15-13(16)7-11-8-17-10(2)14-11/h3-6,8H,7H2,1-2H3,(H,15,16)/p+1. The fraction of sp³-hybridized carbons (Fsp3) is 0.231. The molecule has 0 aliphatic rings. The van der Waals surface area contributed by atoms with Crippen LogP contribution in [-0.4, -0.2) is 5.91 Å². The van der Waals surface area contributed by atoms with E-state index < -0.39 is 0 Å². The third-order valence-electron chi connectivity index (χ3n) is 2.48. The van der Waals surface area contributed by atoms with Crippen LogP contribution in [0.1, 0.15) is 16.3 Å². The van der Waals surface area contributed by atoms with Crippen molar-refractivity contribution in [2.45, 2.75) is 20.3 Å². The largest absolute Gasteiger partial charge is 0.325 e. The van der Waals surface area contributed by atoms with Crippen LogP contribution in [0.2, 0.25) is 0 Å². The summed E-state index contributed by atoms with van der Waals surface area (Å²) in [5.41, 5.74) is 2.91. The molecule has 0 atom stereocenters. The maximum atomic E-state index is 11.8. The lowest BCUT2D eigenvalue weighted by Crippen LogP contribution is -2.19. The van der Waals surface area contributed by atoms with Crippen LogP contribution in [0.25, 0.3) is 0 Å². The summed E-state index contributed by atoms with van der Waals surface area (Å²) in [5, 5.41) is 6.01. The molecule has 0 spiro atoms. The number of carbonyl (C=O) groups excluding carboxylic acids is 1. The Morgan fingerprint density at radius 3 is 2.76 bits per heavy atom. The smallest absolute Gasteiger partial charge is 0.235 e. The van der Waals surface area contributed by atoms with Gasteiger partial charge in [-0.1, -0.05) is 29.5 Å². The van der Waals surface area contributed by atoms with Crippen molar-refractivity contribution in [3.05, 3.63) is 45.9 Å². The van der Waals surface area contributed by atoms with Gasteiger partial charge in [0, 0.05) is 12.6 Å².